The third-order valence-corrected chi connectivity index (χ3v) is 3.11. The quantitative estimate of drug-likeness (QED) is 0.589. The highest BCUT2D eigenvalue weighted by Crippen LogP contribution is 2.26. The highest BCUT2D eigenvalue weighted by Gasteiger charge is 2.09. The first-order chi connectivity index (χ1) is 7.13. The third-order valence-electron chi connectivity index (χ3n) is 2.33. The van der Waals surface area contributed by atoms with Gasteiger partial charge in [0.15, 0.2) is 6.29 Å². The van der Waals surface area contributed by atoms with E-state index >= 15 is 0 Å². The van der Waals surface area contributed by atoms with Crippen molar-refractivity contribution < 1.29 is 4.79 Å². The summed E-state index contributed by atoms with van der Waals surface area (Å²) in [6.07, 6.45) is 0.741. The minimum Gasteiger partial charge on any atom is -0.298 e. The van der Waals surface area contributed by atoms with Crippen LogP contribution in [0.2, 0.25) is 5.15 Å². The van der Waals surface area contributed by atoms with Gasteiger partial charge in [-0.1, -0.05) is 27.5 Å². The number of hydrogen-bond donors (Lipinski definition) is 0. The Balaban J connectivity index is 2.92. The molecule has 2 rings (SSSR count). The van der Waals surface area contributed by atoms with E-state index in [1.165, 1.54) is 0 Å². The van der Waals surface area contributed by atoms with Crippen molar-refractivity contribution in [1.82, 2.24) is 4.98 Å². The zero-order valence-corrected chi connectivity index (χ0v) is 10.3. The number of nitrogens with zero attached hydrogens (tertiary/aromatic N) is 1. The highest BCUT2D eigenvalue weighted by atomic mass is 79.9. The Labute approximate surface area is 100 Å². The molecule has 0 saturated heterocycles. The molecule has 2 aromatic rings. The zero-order chi connectivity index (χ0) is 11.0. The van der Waals surface area contributed by atoms with Crippen molar-refractivity contribution in [3.8, 4) is 0 Å². The summed E-state index contributed by atoms with van der Waals surface area (Å²) in [5.74, 6) is 0. The minimum atomic E-state index is 0.261. The Morgan fingerprint density at radius 1 is 1.47 bits per heavy atom. The van der Waals surface area contributed by atoms with Gasteiger partial charge in [-0.2, -0.15) is 0 Å². The van der Waals surface area contributed by atoms with Crippen LogP contribution in [0, 0.1) is 6.92 Å². The van der Waals surface area contributed by atoms with Crippen molar-refractivity contribution in [2.45, 2.75) is 6.92 Å². The Morgan fingerprint density at radius 2 is 2.20 bits per heavy atom. The first kappa shape index (κ1) is 10.6. The van der Waals surface area contributed by atoms with Crippen molar-refractivity contribution in [3.63, 3.8) is 0 Å². The Hall–Kier alpha value is -0.930. The standard InChI is InChI=1S/C11H7BrClNO/c1-6-8-4-7(12)2-3-10(8)14-11(13)9(6)5-15/h2-5H,1H3. The van der Waals surface area contributed by atoms with Crippen LogP contribution in [0.4, 0.5) is 0 Å². The van der Waals surface area contributed by atoms with Gasteiger partial charge in [0, 0.05) is 9.86 Å². The molecule has 0 unspecified atom stereocenters. The summed E-state index contributed by atoms with van der Waals surface area (Å²) in [7, 11) is 0. The van der Waals surface area contributed by atoms with Gasteiger partial charge in [0.25, 0.3) is 0 Å². The lowest BCUT2D eigenvalue weighted by Crippen LogP contribution is -1.93. The molecule has 0 fully saturated rings. The van der Waals surface area contributed by atoms with Crippen molar-refractivity contribution in [3.05, 3.63) is 39.0 Å². The number of benzene rings is 1. The smallest absolute Gasteiger partial charge is 0.153 e. The summed E-state index contributed by atoms with van der Waals surface area (Å²) >= 11 is 9.28. The number of halogens is 2. The number of aldehydes is 1. The minimum absolute atomic E-state index is 0.261. The van der Waals surface area contributed by atoms with Crippen LogP contribution in [0.5, 0.6) is 0 Å². The van der Waals surface area contributed by atoms with Gasteiger partial charge in [-0.15, -0.1) is 0 Å². The first-order valence-corrected chi connectivity index (χ1v) is 5.51. The van der Waals surface area contributed by atoms with Gasteiger partial charge < -0.3 is 0 Å². The molecule has 0 radical (unpaired) electrons. The maximum Gasteiger partial charge on any atom is 0.153 e. The van der Waals surface area contributed by atoms with E-state index in [0.29, 0.717) is 5.56 Å². The summed E-state index contributed by atoms with van der Waals surface area (Å²) in [5, 5.41) is 1.20. The zero-order valence-electron chi connectivity index (χ0n) is 7.92. The summed E-state index contributed by atoms with van der Waals surface area (Å²) in [6, 6.07) is 5.69. The van der Waals surface area contributed by atoms with Crippen LogP contribution in [0.25, 0.3) is 10.9 Å². The van der Waals surface area contributed by atoms with Crippen molar-refractivity contribution >= 4 is 44.7 Å². The lowest BCUT2D eigenvalue weighted by molar-refractivity contribution is 0.112. The molecule has 15 heavy (non-hydrogen) atoms. The topological polar surface area (TPSA) is 30.0 Å². The molecule has 0 aliphatic rings. The second-order valence-electron chi connectivity index (χ2n) is 3.22. The Morgan fingerprint density at radius 3 is 2.87 bits per heavy atom. The van der Waals surface area contributed by atoms with Gasteiger partial charge in [0.2, 0.25) is 0 Å². The number of pyridine rings is 1. The molecule has 4 heteroatoms. The average Bonchev–Trinajstić information content (AvgIpc) is 2.20. The SMILES string of the molecule is Cc1c(C=O)c(Cl)nc2ccc(Br)cc12. The van der Waals surface area contributed by atoms with Crippen LogP contribution in [0.15, 0.2) is 22.7 Å². The highest BCUT2D eigenvalue weighted by molar-refractivity contribution is 9.10. The second kappa shape index (κ2) is 3.91. The molecule has 0 spiro atoms. The predicted octanol–water partition coefficient (Wildman–Crippen LogP) is 3.77. The molecular weight excluding hydrogens is 277 g/mol. The van der Waals surface area contributed by atoms with E-state index in [4.69, 9.17) is 11.6 Å². The molecule has 0 aliphatic heterocycles. The van der Waals surface area contributed by atoms with Crippen LogP contribution in [0.1, 0.15) is 15.9 Å². The molecule has 76 valence electrons. The number of aryl methyl sites for hydroxylation is 1. The van der Waals surface area contributed by atoms with Gasteiger partial charge in [-0.05, 0) is 30.7 Å². The second-order valence-corrected chi connectivity index (χ2v) is 4.49. The summed E-state index contributed by atoms with van der Waals surface area (Å²) < 4.78 is 0.957. The molecule has 1 aromatic carbocycles. The van der Waals surface area contributed by atoms with Crippen molar-refractivity contribution in [2.75, 3.05) is 0 Å². The molecule has 0 amide bonds. The van der Waals surface area contributed by atoms with Crippen LogP contribution < -0.4 is 0 Å². The maximum absolute atomic E-state index is 10.8. The van der Waals surface area contributed by atoms with E-state index < -0.39 is 0 Å². The van der Waals surface area contributed by atoms with Gasteiger partial charge in [-0.3, -0.25) is 4.79 Å². The van der Waals surface area contributed by atoms with E-state index in [0.717, 1.165) is 27.2 Å². The molecule has 0 aliphatic carbocycles. The molecule has 2 nitrogen and oxygen atoms in total. The average molecular weight is 285 g/mol. The predicted molar refractivity (Wildman–Crippen MR) is 64.6 cm³/mol. The maximum atomic E-state index is 10.8. The van der Waals surface area contributed by atoms with Gasteiger partial charge in [0.1, 0.15) is 5.15 Å². The summed E-state index contributed by atoms with van der Waals surface area (Å²) in [4.78, 5) is 15.0. The van der Waals surface area contributed by atoms with E-state index in [1.54, 1.807) is 0 Å². The van der Waals surface area contributed by atoms with E-state index in [2.05, 4.69) is 20.9 Å². The van der Waals surface area contributed by atoms with Gasteiger partial charge >= 0.3 is 0 Å². The Kier molecular flexibility index (Phi) is 2.76. The normalized spacial score (nSPS) is 10.6. The summed E-state index contributed by atoms with van der Waals surface area (Å²) in [6.45, 7) is 1.87. The van der Waals surface area contributed by atoms with Crippen molar-refractivity contribution in [1.29, 1.82) is 0 Å². The molecule has 0 atom stereocenters. The van der Waals surface area contributed by atoms with Gasteiger partial charge in [0.05, 0.1) is 11.1 Å². The number of aromatic nitrogens is 1. The molecule has 0 N–H and O–H groups in total. The molecule has 0 bridgehead atoms. The largest absolute Gasteiger partial charge is 0.298 e. The van der Waals surface area contributed by atoms with Crippen LogP contribution in [-0.2, 0) is 0 Å². The van der Waals surface area contributed by atoms with E-state index in [-0.39, 0.29) is 5.15 Å². The van der Waals surface area contributed by atoms with Crippen molar-refractivity contribution in [2.24, 2.45) is 0 Å². The Bertz CT molecular complexity index is 554. The van der Waals surface area contributed by atoms with Crippen LogP contribution in [0.3, 0.4) is 0 Å². The number of carbonyl (C=O) groups excluding carboxylic acids is 1. The number of carbonyl (C=O) groups is 1. The number of fused-ring (bicyclic) bond motifs is 1. The first-order valence-electron chi connectivity index (χ1n) is 4.34. The lowest BCUT2D eigenvalue weighted by Gasteiger charge is -2.06. The molecule has 1 aromatic heterocycles. The number of hydrogen-bond acceptors (Lipinski definition) is 2. The van der Waals surface area contributed by atoms with Gasteiger partial charge in [-0.25, -0.2) is 4.98 Å². The third kappa shape index (κ3) is 1.77. The molecule has 0 saturated carbocycles. The molecule has 1 heterocycles. The fourth-order valence-electron chi connectivity index (χ4n) is 1.51. The van der Waals surface area contributed by atoms with Crippen LogP contribution >= 0.6 is 27.5 Å². The monoisotopic (exact) mass is 283 g/mol. The lowest BCUT2D eigenvalue weighted by atomic mass is 10.1. The fraction of sp³-hybridized carbons (Fsp3) is 0.0909. The fourth-order valence-corrected chi connectivity index (χ4v) is 2.15. The van der Waals surface area contributed by atoms with E-state index in [1.807, 2.05) is 25.1 Å². The number of rotatable bonds is 1. The summed E-state index contributed by atoms with van der Waals surface area (Å²) in [5.41, 5.74) is 2.12. The van der Waals surface area contributed by atoms with Crippen LogP contribution in [-0.4, -0.2) is 11.3 Å². The van der Waals surface area contributed by atoms with E-state index in [9.17, 15) is 4.79 Å². The molecular formula is C11H7BrClNO.